The Bertz CT molecular complexity index is 985. The van der Waals surface area contributed by atoms with Gasteiger partial charge in [0.1, 0.15) is 0 Å². The Morgan fingerprint density at radius 3 is 2.57 bits per heavy atom. The number of nitrogens with one attached hydrogen (secondary N) is 2. The van der Waals surface area contributed by atoms with Gasteiger partial charge >= 0.3 is 0 Å². The first-order valence-corrected chi connectivity index (χ1v) is 12.5. The number of H-pyrrole nitrogens is 1. The topological polar surface area (TPSA) is 65.2 Å². The fraction of sp³-hybridized carbons (Fsp3) is 0.455. The van der Waals surface area contributed by atoms with Crippen LogP contribution < -0.4 is 10.9 Å². The van der Waals surface area contributed by atoms with Crippen molar-refractivity contribution in [2.24, 2.45) is 0 Å². The van der Waals surface area contributed by atoms with Crippen LogP contribution in [0.1, 0.15) is 45.6 Å². The number of aromatic amines is 1. The summed E-state index contributed by atoms with van der Waals surface area (Å²) in [5.74, 6) is -0.214. The first kappa shape index (κ1) is 23.3. The number of carbonyl (C=O) groups excluding carboxylic acids is 1. The molecule has 0 atom stereocenters. The molecule has 1 aliphatic rings. The van der Waals surface area contributed by atoms with E-state index in [1.54, 1.807) is 18.0 Å². The summed E-state index contributed by atoms with van der Waals surface area (Å²) >= 11 is 9.97. The molecule has 1 aromatic carbocycles. The third kappa shape index (κ3) is 5.63. The molecule has 0 bridgehead atoms. The summed E-state index contributed by atoms with van der Waals surface area (Å²) in [5, 5.41) is 3.97. The first-order valence-electron chi connectivity index (χ1n) is 10.0. The molecule has 0 aliphatic carbocycles. The molecule has 1 aliphatic heterocycles. The number of benzene rings is 1. The van der Waals surface area contributed by atoms with E-state index in [9.17, 15) is 9.59 Å². The van der Waals surface area contributed by atoms with E-state index < -0.39 is 0 Å². The van der Waals surface area contributed by atoms with E-state index in [0.717, 1.165) is 47.6 Å². The molecule has 3 rings (SSSR count). The molecule has 1 aromatic heterocycles. The number of aryl methyl sites for hydroxylation is 2. The summed E-state index contributed by atoms with van der Waals surface area (Å²) in [4.78, 5) is 29.0. The molecule has 30 heavy (non-hydrogen) atoms. The van der Waals surface area contributed by atoms with Crippen LogP contribution in [0, 0.1) is 20.8 Å². The maximum atomic E-state index is 12.9. The van der Waals surface area contributed by atoms with Crippen molar-refractivity contribution in [3.05, 3.63) is 61.5 Å². The van der Waals surface area contributed by atoms with Gasteiger partial charge in [-0.1, -0.05) is 23.5 Å². The Labute approximate surface area is 191 Å². The third-order valence-electron chi connectivity index (χ3n) is 5.44. The lowest BCUT2D eigenvalue weighted by Gasteiger charge is -2.30. The van der Waals surface area contributed by atoms with E-state index in [0.29, 0.717) is 21.4 Å². The second-order valence-corrected chi connectivity index (χ2v) is 10.3. The molecular weight excluding hydrogens is 438 g/mol. The predicted molar refractivity (Wildman–Crippen MR) is 128 cm³/mol. The Morgan fingerprint density at radius 2 is 1.93 bits per heavy atom. The van der Waals surface area contributed by atoms with Crippen LogP contribution in [0.15, 0.2) is 27.9 Å². The molecule has 0 unspecified atom stereocenters. The second kappa shape index (κ2) is 10.3. The summed E-state index contributed by atoms with van der Waals surface area (Å²) in [5.41, 5.74) is 3.58. The number of hydrogen-bond donors (Lipinski definition) is 2. The van der Waals surface area contributed by atoms with Crippen LogP contribution >= 0.6 is 35.3 Å². The molecule has 1 saturated heterocycles. The van der Waals surface area contributed by atoms with Crippen molar-refractivity contribution in [2.75, 3.05) is 19.3 Å². The van der Waals surface area contributed by atoms with Gasteiger partial charge in [-0.05, 0) is 69.2 Å². The van der Waals surface area contributed by atoms with Gasteiger partial charge in [0.05, 0.1) is 0 Å². The summed E-state index contributed by atoms with van der Waals surface area (Å²) in [6.45, 7) is 8.03. The highest BCUT2D eigenvalue weighted by molar-refractivity contribution is 8.00. The fourth-order valence-electron chi connectivity index (χ4n) is 3.69. The number of pyridine rings is 1. The van der Waals surface area contributed by atoms with Gasteiger partial charge in [0.2, 0.25) is 0 Å². The Balaban J connectivity index is 1.73. The number of amides is 1. The van der Waals surface area contributed by atoms with Crippen LogP contribution in [0.25, 0.3) is 0 Å². The van der Waals surface area contributed by atoms with Gasteiger partial charge in [-0.25, -0.2) is 0 Å². The molecule has 0 spiro atoms. The SMILES string of the molecule is CSN1CCC(Sc2cc(Cl)cc(C(=O)NCc3c(C)cc(C)[nH]c3=O)c2C)CC1. The van der Waals surface area contributed by atoms with Gasteiger partial charge < -0.3 is 10.3 Å². The van der Waals surface area contributed by atoms with Crippen LogP contribution in [0.2, 0.25) is 5.02 Å². The fourth-order valence-corrected chi connectivity index (χ4v) is 5.84. The maximum Gasteiger partial charge on any atom is 0.253 e. The average molecular weight is 466 g/mol. The monoisotopic (exact) mass is 465 g/mol. The number of halogens is 1. The van der Waals surface area contributed by atoms with E-state index in [4.69, 9.17) is 11.6 Å². The maximum absolute atomic E-state index is 12.9. The van der Waals surface area contributed by atoms with Gasteiger partial charge in [-0.15, -0.1) is 11.8 Å². The minimum atomic E-state index is -0.214. The molecule has 1 fully saturated rings. The molecule has 0 radical (unpaired) electrons. The Hall–Kier alpha value is -1.41. The minimum Gasteiger partial charge on any atom is -0.348 e. The van der Waals surface area contributed by atoms with E-state index in [1.165, 1.54) is 0 Å². The molecule has 1 amide bonds. The normalized spacial score (nSPS) is 15.4. The van der Waals surface area contributed by atoms with Crippen molar-refractivity contribution in [2.45, 2.75) is 50.3 Å². The van der Waals surface area contributed by atoms with E-state index in [2.05, 4.69) is 20.9 Å². The molecule has 2 heterocycles. The number of rotatable bonds is 6. The van der Waals surface area contributed by atoms with E-state index in [-0.39, 0.29) is 18.0 Å². The zero-order valence-corrected chi connectivity index (χ0v) is 20.2. The Kier molecular flexibility index (Phi) is 7.96. The molecular formula is C22H28ClN3O2S2. The van der Waals surface area contributed by atoms with E-state index in [1.807, 2.05) is 44.7 Å². The van der Waals surface area contributed by atoms with Crippen LogP contribution in [0.5, 0.6) is 0 Å². The lowest BCUT2D eigenvalue weighted by Crippen LogP contribution is -2.29. The van der Waals surface area contributed by atoms with Gasteiger partial charge in [0, 0.05) is 51.6 Å². The van der Waals surface area contributed by atoms with Crippen LogP contribution in [-0.2, 0) is 6.54 Å². The molecule has 0 saturated carbocycles. The highest BCUT2D eigenvalue weighted by atomic mass is 35.5. The largest absolute Gasteiger partial charge is 0.348 e. The molecule has 8 heteroatoms. The quantitative estimate of drug-likeness (QED) is 0.604. The first-order chi connectivity index (χ1) is 14.3. The molecule has 162 valence electrons. The summed E-state index contributed by atoms with van der Waals surface area (Å²) < 4.78 is 2.38. The number of aromatic nitrogens is 1. The number of carbonyl (C=O) groups is 1. The lowest BCUT2D eigenvalue weighted by molar-refractivity contribution is 0.0950. The zero-order chi connectivity index (χ0) is 21.8. The Morgan fingerprint density at radius 1 is 1.23 bits per heavy atom. The predicted octanol–water partition coefficient (Wildman–Crippen LogP) is 4.72. The highest BCUT2D eigenvalue weighted by Crippen LogP contribution is 2.36. The average Bonchev–Trinajstić information content (AvgIpc) is 2.70. The van der Waals surface area contributed by atoms with Crippen molar-refractivity contribution < 1.29 is 4.79 Å². The lowest BCUT2D eigenvalue weighted by atomic mass is 10.1. The molecule has 2 N–H and O–H groups in total. The highest BCUT2D eigenvalue weighted by Gasteiger charge is 2.22. The summed E-state index contributed by atoms with van der Waals surface area (Å²) in [7, 11) is 0. The summed E-state index contributed by atoms with van der Waals surface area (Å²) in [6, 6.07) is 5.57. The van der Waals surface area contributed by atoms with E-state index >= 15 is 0 Å². The summed E-state index contributed by atoms with van der Waals surface area (Å²) in [6.07, 6.45) is 4.36. The van der Waals surface area contributed by atoms with Crippen molar-refractivity contribution in [3.63, 3.8) is 0 Å². The smallest absolute Gasteiger partial charge is 0.253 e. The van der Waals surface area contributed by atoms with Crippen LogP contribution in [0.3, 0.4) is 0 Å². The van der Waals surface area contributed by atoms with Gasteiger partial charge in [0.25, 0.3) is 11.5 Å². The standard InChI is InChI=1S/C22H28ClN3O2S2/c1-13-9-14(2)25-22(28)19(13)12-24-21(27)18-10-16(23)11-20(15(18)3)30-17-5-7-26(29-4)8-6-17/h9-11,17H,5-8,12H2,1-4H3,(H,24,27)(H,25,28). The van der Waals surface area contributed by atoms with Crippen LogP contribution in [0.4, 0.5) is 0 Å². The number of hydrogen-bond acceptors (Lipinski definition) is 5. The van der Waals surface area contributed by atoms with Gasteiger partial charge in [-0.2, -0.15) is 0 Å². The van der Waals surface area contributed by atoms with Crippen molar-refractivity contribution in [1.82, 2.24) is 14.6 Å². The number of piperidine rings is 1. The zero-order valence-electron chi connectivity index (χ0n) is 17.8. The molecule has 2 aromatic rings. The number of nitrogens with zero attached hydrogens (tertiary/aromatic N) is 1. The minimum absolute atomic E-state index is 0.163. The van der Waals surface area contributed by atoms with Gasteiger partial charge in [-0.3, -0.25) is 13.9 Å². The van der Waals surface area contributed by atoms with Crippen molar-refractivity contribution >= 4 is 41.2 Å². The van der Waals surface area contributed by atoms with Gasteiger partial charge in [0.15, 0.2) is 0 Å². The van der Waals surface area contributed by atoms with Crippen molar-refractivity contribution in [3.8, 4) is 0 Å². The molecule has 5 nitrogen and oxygen atoms in total. The number of thioether (sulfide) groups is 1. The second-order valence-electron chi connectivity index (χ2n) is 7.63. The van der Waals surface area contributed by atoms with Crippen LogP contribution in [-0.4, -0.2) is 39.8 Å². The van der Waals surface area contributed by atoms with Crippen molar-refractivity contribution in [1.29, 1.82) is 0 Å². The third-order valence-corrected chi connectivity index (χ3v) is 8.02.